The molecule has 2 aliphatic rings. The Morgan fingerprint density at radius 2 is 2.00 bits per heavy atom. The molecule has 2 unspecified atom stereocenters. The molecule has 0 spiro atoms. The van der Waals surface area contributed by atoms with Gasteiger partial charge in [0.15, 0.2) is 11.8 Å². The minimum absolute atomic E-state index is 0.136. The number of ether oxygens (including phenoxy) is 1. The Kier molecular flexibility index (Phi) is 7.00. The normalized spacial score (nSPS) is 22.3. The number of nitrogens with one attached hydrogen (secondary N) is 2. The maximum atomic E-state index is 6.15. The van der Waals surface area contributed by atoms with Gasteiger partial charge in [-0.2, -0.15) is 0 Å². The Morgan fingerprint density at radius 3 is 2.83 bits per heavy atom. The molecule has 2 atom stereocenters. The Labute approximate surface area is 179 Å². The van der Waals surface area contributed by atoms with Crippen molar-refractivity contribution < 1.29 is 4.74 Å². The van der Waals surface area contributed by atoms with E-state index >= 15 is 0 Å². The van der Waals surface area contributed by atoms with Crippen LogP contribution in [0.25, 0.3) is 0 Å². The molecule has 162 valence electrons. The number of benzene rings is 1. The van der Waals surface area contributed by atoms with Crippen molar-refractivity contribution in [3.8, 4) is 0 Å². The molecule has 4 rings (SSSR count). The first-order valence-corrected chi connectivity index (χ1v) is 11.3. The molecular weight excluding hydrogens is 376 g/mol. The van der Waals surface area contributed by atoms with Crippen LogP contribution in [-0.2, 0) is 24.2 Å². The SMILES string of the molecule is CN=C(NCc1nnc2n1CCCCC2)NCC1CCCOC1c1ccc(C)cc1. The van der Waals surface area contributed by atoms with E-state index in [0.29, 0.717) is 12.5 Å². The van der Waals surface area contributed by atoms with Gasteiger partial charge in [-0.1, -0.05) is 36.2 Å². The van der Waals surface area contributed by atoms with Crippen LogP contribution in [0.4, 0.5) is 0 Å². The van der Waals surface area contributed by atoms with Gasteiger partial charge in [0.1, 0.15) is 5.82 Å². The van der Waals surface area contributed by atoms with Gasteiger partial charge in [0.05, 0.1) is 12.6 Å². The Bertz CT molecular complexity index is 844. The van der Waals surface area contributed by atoms with Crippen LogP contribution in [0, 0.1) is 12.8 Å². The smallest absolute Gasteiger partial charge is 0.191 e. The highest BCUT2D eigenvalue weighted by Gasteiger charge is 2.27. The predicted molar refractivity (Wildman–Crippen MR) is 118 cm³/mol. The fourth-order valence-electron chi connectivity index (χ4n) is 4.46. The Morgan fingerprint density at radius 1 is 1.13 bits per heavy atom. The molecule has 0 radical (unpaired) electrons. The van der Waals surface area contributed by atoms with E-state index in [4.69, 9.17) is 4.74 Å². The van der Waals surface area contributed by atoms with Gasteiger partial charge in [-0.3, -0.25) is 4.99 Å². The van der Waals surface area contributed by atoms with E-state index in [0.717, 1.165) is 56.6 Å². The fraction of sp³-hybridized carbons (Fsp3) is 0.609. The van der Waals surface area contributed by atoms with Crippen molar-refractivity contribution in [3.63, 3.8) is 0 Å². The van der Waals surface area contributed by atoms with Crippen molar-refractivity contribution in [1.29, 1.82) is 0 Å². The molecule has 1 fully saturated rings. The van der Waals surface area contributed by atoms with Gasteiger partial charge in [-0.15, -0.1) is 10.2 Å². The number of hydrogen-bond acceptors (Lipinski definition) is 4. The summed E-state index contributed by atoms with van der Waals surface area (Å²) in [5.41, 5.74) is 2.54. The lowest BCUT2D eigenvalue weighted by Crippen LogP contribution is -2.42. The van der Waals surface area contributed by atoms with Gasteiger partial charge in [-0.05, 0) is 38.2 Å². The molecule has 2 aliphatic heterocycles. The Balaban J connectivity index is 1.33. The van der Waals surface area contributed by atoms with Crippen LogP contribution in [0.2, 0.25) is 0 Å². The van der Waals surface area contributed by atoms with Crippen molar-refractivity contribution >= 4 is 5.96 Å². The minimum Gasteiger partial charge on any atom is -0.373 e. The molecule has 0 saturated carbocycles. The molecule has 0 bridgehead atoms. The third-order valence-electron chi connectivity index (χ3n) is 6.21. The summed E-state index contributed by atoms with van der Waals surface area (Å²) in [6.45, 7) is 5.43. The van der Waals surface area contributed by atoms with Crippen LogP contribution in [0.3, 0.4) is 0 Å². The quantitative estimate of drug-likeness (QED) is 0.585. The second kappa shape index (κ2) is 10.1. The standard InChI is InChI=1S/C23H34N6O/c1-17-9-11-18(12-10-17)22-19(7-6-14-30-22)15-25-23(24-2)26-16-21-28-27-20-8-4-3-5-13-29(20)21/h9-12,19,22H,3-8,13-16H2,1-2H3,(H2,24,25,26). The molecule has 0 amide bonds. The number of nitrogens with zero attached hydrogens (tertiary/aromatic N) is 4. The average Bonchev–Trinajstić information content (AvgIpc) is 3.00. The van der Waals surface area contributed by atoms with Crippen molar-refractivity contribution in [3.05, 3.63) is 47.0 Å². The number of aliphatic imine (C=N–C) groups is 1. The van der Waals surface area contributed by atoms with E-state index in [-0.39, 0.29) is 6.10 Å². The van der Waals surface area contributed by atoms with E-state index < -0.39 is 0 Å². The van der Waals surface area contributed by atoms with Crippen LogP contribution in [-0.4, -0.2) is 40.9 Å². The molecule has 0 aliphatic carbocycles. The van der Waals surface area contributed by atoms with Crippen LogP contribution < -0.4 is 10.6 Å². The van der Waals surface area contributed by atoms with Gasteiger partial charge in [0.2, 0.25) is 0 Å². The zero-order valence-corrected chi connectivity index (χ0v) is 18.2. The molecule has 2 aromatic rings. The molecule has 1 aromatic heterocycles. The van der Waals surface area contributed by atoms with E-state index in [1.807, 2.05) is 7.05 Å². The number of guanidine groups is 1. The lowest BCUT2D eigenvalue weighted by molar-refractivity contribution is -0.0265. The third-order valence-corrected chi connectivity index (χ3v) is 6.21. The van der Waals surface area contributed by atoms with Crippen molar-refractivity contribution in [2.24, 2.45) is 10.9 Å². The van der Waals surface area contributed by atoms with E-state index in [2.05, 4.69) is 61.6 Å². The first kappa shape index (κ1) is 20.8. The highest BCUT2D eigenvalue weighted by atomic mass is 16.5. The van der Waals surface area contributed by atoms with Gasteiger partial charge >= 0.3 is 0 Å². The van der Waals surface area contributed by atoms with Crippen molar-refractivity contribution in [2.45, 2.75) is 64.6 Å². The highest BCUT2D eigenvalue weighted by Crippen LogP contribution is 2.33. The molecule has 3 heterocycles. The van der Waals surface area contributed by atoms with E-state index in [1.165, 1.54) is 30.4 Å². The summed E-state index contributed by atoms with van der Waals surface area (Å²) in [6, 6.07) is 8.73. The highest BCUT2D eigenvalue weighted by molar-refractivity contribution is 5.79. The maximum absolute atomic E-state index is 6.15. The van der Waals surface area contributed by atoms with Gasteiger partial charge in [0.25, 0.3) is 0 Å². The monoisotopic (exact) mass is 410 g/mol. The summed E-state index contributed by atoms with van der Waals surface area (Å²) in [7, 11) is 1.81. The maximum Gasteiger partial charge on any atom is 0.191 e. The van der Waals surface area contributed by atoms with Crippen molar-refractivity contribution in [1.82, 2.24) is 25.4 Å². The molecule has 30 heavy (non-hydrogen) atoms. The summed E-state index contributed by atoms with van der Waals surface area (Å²) in [4.78, 5) is 4.41. The molecule has 2 N–H and O–H groups in total. The van der Waals surface area contributed by atoms with Crippen LogP contribution in [0.15, 0.2) is 29.3 Å². The van der Waals surface area contributed by atoms with Crippen molar-refractivity contribution in [2.75, 3.05) is 20.2 Å². The number of aromatic nitrogens is 3. The summed E-state index contributed by atoms with van der Waals surface area (Å²) >= 11 is 0. The number of rotatable bonds is 5. The summed E-state index contributed by atoms with van der Waals surface area (Å²) in [6.07, 6.45) is 7.10. The molecule has 7 nitrogen and oxygen atoms in total. The fourth-order valence-corrected chi connectivity index (χ4v) is 4.46. The van der Waals surface area contributed by atoms with Crippen LogP contribution in [0.5, 0.6) is 0 Å². The van der Waals surface area contributed by atoms with Gasteiger partial charge in [0, 0.05) is 39.1 Å². The zero-order valence-electron chi connectivity index (χ0n) is 18.2. The molecule has 1 saturated heterocycles. The first-order chi connectivity index (χ1) is 14.7. The Hall–Kier alpha value is -2.41. The lowest BCUT2D eigenvalue weighted by Gasteiger charge is -2.32. The summed E-state index contributed by atoms with van der Waals surface area (Å²) in [5, 5.41) is 15.7. The number of fused-ring (bicyclic) bond motifs is 1. The second-order valence-electron chi connectivity index (χ2n) is 8.41. The van der Waals surface area contributed by atoms with E-state index in [1.54, 1.807) is 0 Å². The predicted octanol–water partition coefficient (Wildman–Crippen LogP) is 3.15. The van der Waals surface area contributed by atoms with Gasteiger partial charge in [-0.25, -0.2) is 0 Å². The largest absolute Gasteiger partial charge is 0.373 e. The lowest BCUT2D eigenvalue weighted by atomic mass is 9.89. The number of hydrogen-bond donors (Lipinski definition) is 2. The second-order valence-corrected chi connectivity index (χ2v) is 8.41. The summed E-state index contributed by atoms with van der Waals surface area (Å²) < 4.78 is 8.43. The van der Waals surface area contributed by atoms with Crippen LogP contribution in [0.1, 0.15) is 61.0 Å². The summed E-state index contributed by atoms with van der Waals surface area (Å²) in [5.74, 6) is 3.33. The van der Waals surface area contributed by atoms with E-state index in [9.17, 15) is 0 Å². The minimum atomic E-state index is 0.136. The first-order valence-electron chi connectivity index (χ1n) is 11.3. The third kappa shape index (κ3) is 5.01. The molecular formula is C23H34N6O. The molecule has 1 aromatic carbocycles. The van der Waals surface area contributed by atoms with Gasteiger partial charge < -0.3 is 19.9 Å². The average molecular weight is 411 g/mol. The zero-order chi connectivity index (χ0) is 20.8. The molecule has 7 heteroatoms. The van der Waals surface area contributed by atoms with Crippen LogP contribution >= 0.6 is 0 Å². The number of aryl methyl sites for hydroxylation is 2. The topological polar surface area (TPSA) is 76.4 Å².